The van der Waals surface area contributed by atoms with Gasteiger partial charge in [0.25, 0.3) is 0 Å². The minimum absolute atomic E-state index is 0. The molecule has 0 fully saturated rings. The van der Waals surface area contributed by atoms with E-state index < -0.39 is 0 Å². The predicted octanol–water partition coefficient (Wildman–Crippen LogP) is 1.99. The summed E-state index contributed by atoms with van der Waals surface area (Å²) in [6.07, 6.45) is 1.87. The summed E-state index contributed by atoms with van der Waals surface area (Å²) in [6.45, 7) is 0. The Morgan fingerprint density at radius 2 is 1.27 bits per heavy atom. The van der Waals surface area contributed by atoms with Crippen molar-refractivity contribution in [2.24, 2.45) is 4.99 Å². The maximum absolute atomic E-state index is 4.35. The molecule has 0 bridgehead atoms. The van der Waals surface area contributed by atoms with Crippen LogP contribution < -0.4 is 0 Å². The molecule has 0 saturated heterocycles. The van der Waals surface area contributed by atoms with E-state index in [2.05, 4.69) is 4.99 Å². The Bertz CT molecular complexity index is 368. The number of benzene rings is 2. The summed E-state index contributed by atoms with van der Waals surface area (Å²) in [5, 5.41) is 0. The van der Waals surface area contributed by atoms with Gasteiger partial charge in [-0.2, -0.15) is 0 Å². The Hall–Kier alpha value is -1.09. The molecule has 2 heteroatoms. The maximum atomic E-state index is 4.35. The van der Waals surface area contributed by atoms with Crippen LogP contribution >= 0.6 is 0 Å². The summed E-state index contributed by atoms with van der Waals surface area (Å²) in [6, 6.07) is 20.0. The van der Waals surface area contributed by atoms with Crippen molar-refractivity contribution in [1.82, 2.24) is 0 Å². The van der Waals surface area contributed by atoms with Crippen molar-refractivity contribution in [3.8, 4) is 0 Å². The number of hydrogen-bond donors (Lipinski definition) is 0. The van der Waals surface area contributed by atoms with Gasteiger partial charge in [-0.3, -0.25) is 4.99 Å². The normalized spacial score (nSPS) is 9.87. The third kappa shape index (κ3) is 3.88. The van der Waals surface area contributed by atoms with E-state index in [9.17, 15) is 0 Å². The van der Waals surface area contributed by atoms with Gasteiger partial charge in [0.15, 0.2) is 0 Å². The third-order valence-electron chi connectivity index (χ3n) is 1.92. The first-order chi connectivity index (χ1) is 6.95. The first-order valence-corrected chi connectivity index (χ1v) is 4.59. The quantitative estimate of drug-likeness (QED) is 0.594. The van der Waals surface area contributed by atoms with Crippen molar-refractivity contribution in [2.75, 3.05) is 0 Å². The summed E-state index contributed by atoms with van der Waals surface area (Å²) < 4.78 is 0. The molecule has 0 aliphatic carbocycles. The van der Waals surface area contributed by atoms with Crippen LogP contribution in [0, 0.1) is 0 Å². The van der Waals surface area contributed by atoms with Crippen LogP contribution in [0.3, 0.4) is 0 Å². The second-order valence-electron chi connectivity index (χ2n) is 3.00. The number of hydrogen-bond acceptors (Lipinski definition) is 1. The van der Waals surface area contributed by atoms with E-state index in [-0.39, 0.29) is 23.9 Å². The van der Waals surface area contributed by atoms with Gasteiger partial charge in [0.1, 0.15) is 0 Å². The molecule has 0 heterocycles. The van der Waals surface area contributed by atoms with Crippen LogP contribution in [-0.2, 0) is 0 Å². The van der Waals surface area contributed by atoms with Gasteiger partial charge >= 0.3 is 23.9 Å². The van der Waals surface area contributed by atoms with Crippen LogP contribution in [0.1, 0.15) is 5.56 Å². The van der Waals surface area contributed by atoms with Crippen molar-refractivity contribution in [2.45, 2.75) is 0 Å². The van der Waals surface area contributed by atoms with Gasteiger partial charge in [-0.1, -0.05) is 48.5 Å². The molecule has 0 unspecified atom stereocenters. The number of aliphatic imine (C=N–C) groups is 1. The van der Waals surface area contributed by atoms with Crippen LogP contribution in [0.15, 0.2) is 65.7 Å². The Kier molecular flexibility index (Phi) is 5.11. The topological polar surface area (TPSA) is 12.4 Å². The van der Waals surface area contributed by atoms with E-state index in [0.29, 0.717) is 0 Å². The Labute approximate surface area is 107 Å². The van der Waals surface area contributed by atoms with Crippen molar-refractivity contribution >= 4 is 35.8 Å². The molecule has 0 aliphatic heterocycles. The average Bonchev–Trinajstić information content (AvgIpc) is 2.29. The molecule has 0 spiro atoms. The standard InChI is InChI=1S/C13H11N.Sn.4H/c1-3-7-12(8-4-1)11-14-13-9-5-2-6-10-13;;;;;/h1-11H;;;;;. The Morgan fingerprint density at radius 1 is 0.733 bits per heavy atom. The first kappa shape index (κ1) is 12.0. The zero-order valence-corrected chi connectivity index (χ0v) is 7.80. The van der Waals surface area contributed by atoms with Crippen LogP contribution in [0.2, 0.25) is 0 Å². The molecular formula is C13H15NSn. The monoisotopic (exact) mass is 305 g/mol. The number of nitrogens with zero attached hydrogens (tertiary/aromatic N) is 1. The van der Waals surface area contributed by atoms with E-state index >= 15 is 0 Å². The van der Waals surface area contributed by atoms with E-state index in [1.54, 1.807) is 0 Å². The van der Waals surface area contributed by atoms with Gasteiger partial charge in [0, 0.05) is 6.21 Å². The van der Waals surface area contributed by atoms with E-state index in [0.717, 1.165) is 11.3 Å². The number of rotatable bonds is 2. The molecule has 15 heavy (non-hydrogen) atoms. The fourth-order valence-electron chi connectivity index (χ4n) is 1.20. The molecule has 0 atom stereocenters. The van der Waals surface area contributed by atoms with Gasteiger partial charge < -0.3 is 0 Å². The fourth-order valence-corrected chi connectivity index (χ4v) is 1.20. The summed E-state index contributed by atoms with van der Waals surface area (Å²) in [7, 11) is 0. The SMILES string of the molecule is C(=Nc1ccccc1)c1ccccc1.[SnH4]. The molecule has 2 aromatic carbocycles. The van der Waals surface area contributed by atoms with Crippen molar-refractivity contribution in [3.63, 3.8) is 0 Å². The molecular weight excluding hydrogens is 289 g/mol. The second kappa shape index (κ2) is 6.40. The van der Waals surface area contributed by atoms with Crippen molar-refractivity contribution < 1.29 is 0 Å². The molecule has 0 aromatic heterocycles. The van der Waals surface area contributed by atoms with E-state index in [4.69, 9.17) is 0 Å². The zero-order valence-electron chi connectivity index (χ0n) is 7.80. The van der Waals surface area contributed by atoms with Gasteiger partial charge in [-0.05, 0) is 17.7 Å². The molecule has 0 saturated carbocycles. The summed E-state index contributed by atoms with van der Waals surface area (Å²) in [5.74, 6) is 0. The molecule has 2 aromatic rings. The van der Waals surface area contributed by atoms with Crippen LogP contribution in [-0.4, -0.2) is 30.1 Å². The zero-order chi connectivity index (χ0) is 9.64. The summed E-state index contributed by atoms with van der Waals surface area (Å²) >= 11 is 0. The average molecular weight is 304 g/mol. The molecule has 2 rings (SSSR count). The third-order valence-corrected chi connectivity index (χ3v) is 1.92. The Balaban J connectivity index is 0.00000112. The molecule has 0 N–H and O–H groups in total. The molecule has 0 radical (unpaired) electrons. The van der Waals surface area contributed by atoms with Gasteiger partial charge in [0.05, 0.1) is 5.69 Å². The predicted molar refractivity (Wildman–Crippen MR) is 71.5 cm³/mol. The Morgan fingerprint density at radius 3 is 1.87 bits per heavy atom. The van der Waals surface area contributed by atoms with Crippen LogP contribution in [0.25, 0.3) is 0 Å². The molecule has 76 valence electrons. The van der Waals surface area contributed by atoms with Crippen LogP contribution in [0.4, 0.5) is 5.69 Å². The van der Waals surface area contributed by atoms with Crippen molar-refractivity contribution in [3.05, 3.63) is 66.2 Å². The van der Waals surface area contributed by atoms with Crippen LogP contribution in [0.5, 0.6) is 0 Å². The second-order valence-corrected chi connectivity index (χ2v) is 3.00. The molecule has 0 amide bonds. The minimum atomic E-state index is 0. The first-order valence-electron chi connectivity index (χ1n) is 4.59. The molecule has 0 aliphatic rings. The van der Waals surface area contributed by atoms with Crippen molar-refractivity contribution in [1.29, 1.82) is 0 Å². The van der Waals surface area contributed by atoms with Gasteiger partial charge in [-0.25, -0.2) is 0 Å². The summed E-state index contributed by atoms with van der Waals surface area (Å²) in [4.78, 5) is 4.35. The number of para-hydroxylation sites is 1. The summed E-state index contributed by atoms with van der Waals surface area (Å²) in [5.41, 5.74) is 2.10. The van der Waals surface area contributed by atoms with Gasteiger partial charge in [0.2, 0.25) is 0 Å². The fraction of sp³-hybridized carbons (Fsp3) is 0. The molecule has 1 nitrogen and oxygen atoms in total. The van der Waals surface area contributed by atoms with Gasteiger partial charge in [-0.15, -0.1) is 0 Å². The van der Waals surface area contributed by atoms with E-state index in [1.807, 2.05) is 66.9 Å². The van der Waals surface area contributed by atoms with E-state index in [1.165, 1.54) is 0 Å².